The van der Waals surface area contributed by atoms with Crippen molar-refractivity contribution in [3.63, 3.8) is 0 Å². The van der Waals surface area contributed by atoms with Crippen LogP contribution < -0.4 is 15.2 Å². The lowest BCUT2D eigenvalue weighted by molar-refractivity contribution is 0.355. The monoisotopic (exact) mass is 261 g/mol. The first-order valence-electron chi connectivity index (χ1n) is 6.17. The number of H-pyrrole nitrogens is 1. The molecule has 0 aliphatic rings. The number of hydrogen-bond donors (Lipinski definition) is 2. The van der Waals surface area contributed by atoms with Crippen LogP contribution in [-0.2, 0) is 6.42 Å². The maximum atomic E-state index is 5.57. The summed E-state index contributed by atoms with van der Waals surface area (Å²) >= 11 is 0. The summed E-state index contributed by atoms with van der Waals surface area (Å²) in [6.07, 6.45) is 0.773. The van der Waals surface area contributed by atoms with Crippen molar-refractivity contribution in [2.75, 3.05) is 20.8 Å². The molecule has 0 unspecified atom stereocenters. The molecule has 0 spiro atoms. The molecule has 0 aliphatic carbocycles. The molecule has 0 aliphatic heterocycles. The normalized spacial score (nSPS) is 10.5. The average molecular weight is 261 g/mol. The van der Waals surface area contributed by atoms with E-state index in [4.69, 9.17) is 15.2 Å². The molecule has 0 saturated heterocycles. The zero-order valence-corrected chi connectivity index (χ0v) is 11.5. The maximum absolute atomic E-state index is 5.57. The number of imidazole rings is 1. The Kier molecular flexibility index (Phi) is 4.06. The molecular weight excluding hydrogens is 242 g/mol. The van der Waals surface area contributed by atoms with E-state index in [0.29, 0.717) is 18.0 Å². The third-order valence-corrected chi connectivity index (χ3v) is 3.02. The van der Waals surface area contributed by atoms with Crippen LogP contribution in [0.2, 0.25) is 0 Å². The van der Waals surface area contributed by atoms with Crippen LogP contribution in [0.5, 0.6) is 11.5 Å². The van der Waals surface area contributed by atoms with Gasteiger partial charge in [-0.3, -0.25) is 0 Å². The van der Waals surface area contributed by atoms with Gasteiger partial charge in [0.05, 0.1) is 19.9 Å². The van der Waals surface area contributed by atoms with Gasteiger partial charge < -0.3 is 20.2 Å². The summed E-state index contributed by atoms with van der Waals surface area (Å²) in [5, 5.41) is 0. The van der Waals surface area contributed by atoms with Gasteiger partial charge in [-0.25, -0.2) is 4.98 Å². The number of aromatic nitrogens is 2. The third-order valence-electron chi connectivity index (χ3n) is 3.02. The molecule has 5 heteroatoms. The predicted octanol–water partition coefficient (Wildman–Crippen LogP) is 1.90. The highest BCUT2D eigenvalue weighted by atomic mass is 16.5. The molecule has 1 aromatic carbocycles. The number of methoxy groups -OCH3 is 2. The molecule has 0 fully saturated rings. The maximum Gasteiger partial charge on any atom is 0.161 e. The molecule has 2 aromatic rings. The van der Waals surface area contributed by atoms with E-state index in [1.165, 1.54) is 0 Å². The Morgan fingerprint density at radius 3 is 2.58 bits per heavy atom. The number of nitrogens with two attached hydrogens (primary N) is 1. The van der Waals surface area contributed by atoms with Crippen molar-refractivity contribution in [1.82, 2.24) is 9.97 Å². The first-order valence-corrected chi connectivity index (χ1v) is 6.17. The minimum atomic E-state index is 0.594. The second kappa shape index (κ2) is 5.75. The zero-order valence-electron chi connectivity index (χ0n) is 11.5. The first-order chi connectivity index (χ1) is 9.19. The summed E-state index contributed by atoms with van der Waals surface area (Å²) in [4.78, 5) is 7.84. The number of nitrogens with zero attached hydrogens (tertiary/aromatic N) is 1. The van der Waals surface area contributed by atoms with Gasteiger partial charge in [0, 0.05) is 17.7 Å². The fourth-order valence-electron chi connectivity index (χ4n) is 2.00. The van der Waals surface area contributed by atoms with Crippen LogP contribution in [0.25, 0.3) is 11.4 Å². The highest BCUT2D eigenvalue weighted by Gasteiger charge is 2.11. The lowest BCUT2D eigenvalue weighted by atomic mass is 10.2. The van der Waals surface area contributed by atoms with Crippen LogP contribution in [0.3, 0.4) is 0 Å². The summed E-state index contributed by atoms with van der Waals surface area (Å²) in [5.74, 6) is 2.22. The zero-order chi connectivity index (χ0) is 13.8. The molecule has 1 aromatic heterocycles. The molecule has 19 heavy (non-hydrogen) atoms. The lowest BCUT2D eigenvalue weighted by Crippen LogP contribution is -2.03. The summed E-state index contributed by atoms with van der Waals surface area (Å²) in [6.45, 7) is 2.60. The second-order valence-electron chi connectivity index (χ2n) is 4.27. The number of hydrogen-bond acceptors (Lipinski definition) is 4. The van der Waals surface area contributed by atoms with Crippen molar-refractivity contribution in [3.05, 3.63) is 29.6 Å². The van der Waals surface area contributed by atoms with E-state index in [1.54, 1.807) is 14.2 Å². The van der Waals surface area contributed by atoms with E-state index >= 15 is 0 Å². The van der Waals surface area contributed by atoms with Crippen molar-refractivity contribution in [2.45, 2.75) is 13.3 Å². The molecule has 3 N–H and O–H groups in total. The van der Waals surface area contributed by atoms with Crippen molar-refractivity contribution < 1.29 is 9.47 Å². The number of rotatable bonds is 5. The Balaban J connectivity index is 2.38. The fraction of sp³-hybridized carbons (Fsp3) is 0.357. The Morgan fingerprint density at radius 1 is 1.21 bits per heavy atom. The standard InChI is InChI=1S/C14H19N3O2/c1-9-11(6-7-15)17-14(16-9)10-4-5-12(18-2)13(8-10)19-3/h4-5,8H,6-7,15H2,1-3H3,(H,16,17). The van der Waals surface area contributed by atoms with Crippen LogP contribution in [0.4, 0.5) is 0 Å². The minimum absolute atomic E-state index is 0.594. The third kappa shape index (κ3) is 2.71. The van der Waals surface area contributed by atoms with E-state index in [-0.39, 0.29) is 0 Å². The quantitative estimate of drug-likeness (QED) is 0.862. The molecule has 2 rings (SSSR count). The average Bonchev–Trinajstić information content (AvgIpc) is 2.80. The second-order valence-corrected chi connectivity index (χ2v) is 4.27. The Labute approximate surface area is 112 Å². The number of aryl methyl sites for hydroxylation is 1. The van der Waals surface area contributed by atoms with Crippen molar-refractivity contribution in [1.29, 1.82) is 0 Å². The molecule has 0 saturated carbocycles. The van der Waals surface area contributed by atoms with Crippen LogP contribution in [0.1, 0.15) is 11.4 Å². The fourth-order valence-corrected chi connectivity index (χ4v) is 2.00. The molecule has 0 amide bonds. The van der Waals surface area contributed by atoms with Crippen LogP contribution in [0.15, 0.2) is 18.2 Å². The number of benzene rings is 1. The van der Waals surface area contributed by atoms with Gasteiger partial charge in [-0.15, -0.1) is 0 Å². The van der Waals surface area contributed by atoms with Gasteiger partial charge in [-0.2, -0.15) is 0 Å². The first kappa shape index (κ1) is 13.4. The van der Waals surface area contributed by atoms with Gasteiger partial charge in [0.2, 0.25) is 0 Å². The van der Waals surface area contributed by atoms with Gasteiger partial charge in [0.25, 0.3) is 0 Å². The minimum Gasteiger partial charge on any atom is -0.493 e. The lowest BCUT2D eigenvalue weighted by Gasteiger charge is -2.08. The smallest absolute Gasteiger partial charge is 0.161 e. The van der Waals surface area contributed by atoms with E-state index in [9.17, 15) is 0 Å². The number of ether oxygens (including phenoxy) is 2. The Morgan fingerprint density at radius 2 is 1.95 bits per heavy atom. The van der Waals surface area contributed by atoms with Gasteiger partial charge in [0.1, 0.15) is 5.82 Å². The van der Waals surface area contributed by atoms with Crippen molar-refractivity contribution in [2.24, 2.45) is 5.73 Å². The predicted molar refractivity (Wildman–Crippen MR) is 74.6 cm³/mol. The highest BCUT2D eigenvalue weighted by Crippen LogP contribution is 2.31. The summed E-state index contributed by atoms with van der Waals surface area (Å²) in [7, 11) is 3.24. The summed E-state index contributed by atoms with van der Waals surface area (Å²) in [6, 6.07) is 5.73. The van der Waals surface area contributed by atoms with Gasteiger partial charge in [0.15, 0.2) is 11.5 Å². The summed E-state index contributed by atoms with van der Waals surface area (Å²) in [5.41, 5.74) is 8.59. The van der Waals surface area contributed by atoms with E-state index in [1.807, 2.05) is 25.1 Å². The number of aromatic amines is 1. The molecule has 0 atom stereocenters. The SMILES string of the molecule is COc1ccc(-c2nc(CCN)c(C)[nH]2)cc1OC. The highest BCUT2D eigenvalue weighted by molar-refractivity contribution is 5.61. The van der Waals surface area contributed by atoms with Gasteiger partial charge >= 0.3 is 0 Å². The van der Waals surface area contributed by atoms with Crippen molar-refractivity contribution >= 4 is 0 Å². The molecule has 0 bridgehead atoms. The summed E-state index contributed by atoms with van der Waals surface area (Å²) < 4.78 is 10.5. The van der Waals surface area contributed by atoms with Crippen molar-refractivity contribution in [3.8, 4) is 22.9 Å². The Bertz CT molecular complexity index is 564. The van der Waals surface area contributed by atoms with Crippen LogP contribution in [0, 0.1) is 6.92 Å². The van der Waals surface area contributed by atoms with Crippen LogP contribution >= 0.6 is 0 Å². The van der Waals surface area contributed by atoms with Gasteiger partial charge in [-0.05, 0) is 31.7 Å². The van der Waals surface area contributed by atoms with E-state index < -0.39 is 0 Å². The molecule has 102 valence electrons. The molecule has 1 heterocycles. The molecule has 5 nitrogen and oxygen atoms in total. The largest absolute Gasteiger partial charge is 0.493 e. The molecule has 0 radical (unpaired) electrons. The number of nitrogens with one attached hydrogen (secondary N) is 1. The van der Waals surface area contributed by atoms with Gasteiger partial charge in [-0.1, -0.05) is 0 Å². The van der Waals surface area contributed by atoms with E-state index in [0.717, 1.165) is 29.2 Å². The topological polar surface area (TPSA) is 73.2 Å². The van der Waals surface area contributed by atoms with Crippen LogP contribution in [-0.4, -0.2) is 30.7 Å². The van der Waals surface area contributed by atoms with E-state index in [2.05, 4.69) is 9.97 Å². The molecular formula is C14H19N3O2. The Hall–Kier alpha value is -2.01.